The molecule has 0 bridgehead atoms. The van der Waals surface area contributed by atoms with Crippen molar-refractivity contribution in [2.45, 2.75) is 18.4 Å². The van der Waals surface area contributed by atoms with Crippen LogP contribution in [0, 0.1) is 0 Å². The highest BCUT2D eigenvalue weighted by molar-refractivity contribution is 9.09. The summed E-state index contributed by atoms with van der Waals surface area (Å²) in [6.07, 6.45) is 1.00. The first-order valence-electron chi connectivity index (χ1n) is 2.76. The first-order chi connectivity index (χ1) is 4.18. The van der Waals surface area contributed by atoms with Crippen LogP contribution in [0.15, 0.2) is 0 Å². The third-order valence-corrected chi connectivity index (χ3v) is 2.55. The molecule has 1 amide bonds. The van der Waals surface area contributed by atoms with Crippen molar-refractivity contribution in [1.29, 1.82) is 0 Å². The van der Waals surface area contributed by atoms with Crippen LogP contribution in [0.25, 0.3) is 0 Å². The molecule has 0 saturated heterocycles. The van der Waals surface area contributed by atoms with Crippen LogP contribution in [-0.4, -0.2) is 22.1 Å². The third-order valence-electron chi connectivity index (χ3n) is 1.48. The summed E-state index contributed by atoms with van der Waals surface area (Å²) in [5.74, 6) is 0. The van der Waals surface area contributed by atoms with Crippen molar-refractivity contribution < 1.29 is 9.90 Å². The standard InChI is InChI=1S/C5H8BrNO2/c6-3-5(1-2-5)7-4(8)9/h7H,1-3H2,(H,8,9). The van der Waals surface area contributed by atoms with Crippen LogP contribution in [0.5, 0.6) is 0 Å². The first kappa shape index (κ1) is 6.86. The maximum Gasteiger partial charge on any atom is 0.405 e. The van der Waals surface area contributed by atoms with Crippen LogP contribution in [0.1, 0.15) is 12.8 Å². The average Bonchev–Trinajstić information content (AvgIpc) is 2.48. The van der Waals surface area contributed by atoms with Gasteiger partial charge < -0.3 is 10.4 Å². The molecule has 0 heterocycles. The number of alkyl halides is 1. The molecule has 0 atom stereocenters. The topological polar surface area (TPSA) is 49.3 Å². The third kappa shape index (κ3) is 1.58. The Morgan fingerprint density at radius 2 is 2.33 bits per heavy atom. The van der Waals surface area contributed by atoms with Crippen LogP contribution < -0.4 is 5.32 Å². The molecule has 9 heavy (non-hydrogen) atoms. The van der Waals surface area contributed by atoms with Gasteiger partial charge in [-0.05, 0) is 12.8 Å². The molecule has 0 spiro atoms. The van der Waals surface area contributed by atoms with Gasteiger partial charge in [-0.1, -0.05) is 15.9 Å². The largest absolute Gasteiger partial charge is 0.465 e. The monoisotopic (exact) mass is 193 g/mol. The van der Waals surface area contributed by atoms with E-state index in [1.807, 2.05) is 0 Å². The Hall–Kier alpha value is -0.250. The molecule has 1 fully saturated rings. The second-order valence-corrected chi connectivity index (χ2v) is 2.90. The Morgan fingerprint density at radius 3 is 2.44 bits per heavy atom. The molecule has 0 aromatic heterocycles. The summed E-state index contributed by atoms with van der Waals surface area (Å²) in [6.45, 7) is 0. The van der Waals surface area contributed by atoms with E-state index in [0.29, 0.717) is 0 Å². The summed E-state index contributed by atoms with van der Waals surface area (Å²) in [7, 11) is 0. The Morgan fingerprint density at radius 1 is 1.78 bits per heavy atom. The minimum atomic E-state index is -0.924. The van der Waals surface area contributed by atoms with Crippen molar-refractivity contribution in [3.63, 3.8) is 0 Å². The number of hydrogen-bond donors (Lipinski definition) is 2. The molecule has 1 aliphatic rings. The van der Waals surface area contributed by atoms with E-state index in [1.54, 1.807) is 0 Å². The van der Waals surface area contributed by atoms with E-state index in [2.05, 4.69) is 21.2 Å². The molecule has 0 aromatic carbocycles. The van der Waals surface area contributed by atoms with Crippen molar-refractivity contribution in [2.24, 2.45) is 0 Å². The fourth-order valence-corrected chi connectivity index (χ4v) is 1.37. The van der Waals surface area contributed by atoms with E-state index < -0.39 is 6.09 Å². The van der Waals surface area contributed by atoms with Crippen LogP contribution in [-0.2, 0) is 0 Å². The van der Waals surface area contributed by atoms with E-state index in [-0.39, 0.29) is 5.54 Å². The summed E-state index contributed by atoms with van der Waals surface area (Å²) in [4.78, 5) is 10.1. The van der Waals surface area contributed by atoms with E-state index in [1.165, 1.54) is 0 Å². The highest BCUT2D eigenvalue weighted by Crippen LogP contribution is 2.36. The number of hydrogen-bond acceptors (Lipinski definition) is 1. The van der Waals surface area contributed by atoms with Crippen molar-refractivity contribution in [3.8, 4) is 0 Å². The van der Waals surface area contributed by atoms with Gasteiger partial charge in [0.05, 0.1) is 5.54 Å². The lowest BCUT2D eigenvalue weighted by Crippen LogP contribution is -2.36. The summed E-state index contributed by atoms with van der Waals surface area (Å²) in [5.41, 5.74) is -0.119. The van der Waals surface area contributed by atoms with Gasteiger partial charge in [0.15, 0.2) is 0 Å². The van der Waals surface area contributed by atoms with Gasteiger partial charge in [0.25, 0.3) is 0 Å². The molecule has 2 N–H and O–H groups in total. The Labute approximate surface area is 61.6 Å². The molecule has 1 saturated carbocycles. The van der Waals surface area contributed by atoms with E-state index >= 15 is 0 Å². The van der Waals surface area contributed by atoms with Gasteiger partial charge >= 0.3 is 6.09 Å². The zero-order chi connectivity index (χ0) is 6.91. The van der Waals surface area contributed by atoms with Crippen LogP contribution in [0.2, 0.25) is 0 Å². The molecule has 4 heteroatoms. The zero-order valence-corrected chi connectivity index (χ0v) is 6.44. The van der Waals surface area contributed by atoms with Gasteiger partial charge in [-0.15, -0.1) is 0 Å². The van der Waals surface area contributed by atoms with Crippen molar-refractivity contribution in [3.05, 3.63) is 0 Å². The normalized spacial score (nSPS) is 21.0. The van der Waals surface area contributed by atoms with Crippen LogP contribution in [0.3, 0.4) is 0 Å². The molecule has 0 unspecified atom stereocenters. The number of halogens is 1. The maximum atomic E-state index is 10.1. The quantitative estimate of drug-likeness (QED) is 0.648. The highest BCUT2D eigenvalue weighted by Gasteiger charge is 2.42. The maximum absolute atomic E-state index is 10.1. The molecule has 0 aliphatic heterocycles. The fourth-order valence-electron chi connectivity index (χ4n) is 0.670. The van der Waals surface area contributed by atoms with Gasteiger partial charge in [-0.2, -0.15) is 0 Å². The second-order valence-electron chi connectivity index (χ2n) is 2.34. The van der Waals surface area contributed by atoms with E-state index in [4.69, 9.17) is 5.11 Å². The summed E-state index contributed by atoms with van der Waals surface area (Å²) < 4.78 is 0. The van der Waals surface area contributed by atoms with Gasteiger partial charge in [0, 0.05) is 5.33 Å². The fraction of sp³-hybridized carbons (Fsp3) is 0.800. The van der Waals surface area contributed by atoms with Gasteiger partial charge in [-0.25, -0.2) is 4.79 Å². The van der Waals surface area contributed by atoms with Crippen LogP contribution in [0.4, 0.5) is 4.79 Å². The Balaban J connectivity index is 2.33. The number of nitrogens with one attached hydrogen (secondary N) is 1. The smallest absolute Gasteiger partial charge is 0.405 e. The molecule has 1 aliphatic carbocycles. The minimum absolute atomic E-state index is 0.119. The Bertz CT molecular complexity index is 133. The molecule has 0 radical (unpaired) electrons. The molecular formula is C5H8BrNO2. The number of carboxylic acid groups (broad SMARTS) is 1. The summed E-state index contributed by atoms with van der Waals surface area (Å²) in [5, 5.41) is 11.5. The molecule has 3 nitrogen and oxygen atoms in total. The van der Waals surface area contributed by atoms with E-state index in [0.717, 1.165) is 18.2 Å². The molecular weight excluding hydrogens is 186 g/mol. The molecule has 0 aromatic rings. The summed E-state index contributed by atoms with van der Waals surface area (Å²) >= 11 is 3.24. The minimum Gasteiger partial charge on any atom is -0.465 e. The highest BCUT2D eigenvalue weighted by atomic mass is 79.9. The predicted molar refractivity (Wildman–Crippen MR) is 36.9 cm³/mol. The van der Waals surface area contributed by atoms with Crippen molar-refractivity contribution >= 4 is 22.0 Å². The SMILES string of the molecule is O=C(O)NC1(CBr)CC1. The zero-order valence-electron chi connectivity index (χ0n) is 4.85. The first-order valence-corrected chi connectivity index (χ1v) is 3.88. The number of amides is 1. The van der Waals surface area contributed by atoms with Gasteiger partial charge in [0.2, 0.25) is 0 Å². The summed E-state index contributed by atoms with van der Waals surface area (Å²) in [6, 6.07) is 0. The van der Waals surface area contributed by atoms with Crippen molar-refractivity contribution in [2.75, 3.05) is 5.33 Å². The van der Waals surface area contributed by atoms with Gasteiger partial charge in [-0.3, -0.25) is 0 Å². The lowest BCUT2D eigenvalue weighted by atomic mass is 10.3. The molecule has 1 rings (SSSR count). The lowest BCUT2D eigenvalue weighted by Gasteiger charge is -2.09. The van der Waals surface area contributed by atoms with E-state index in [9.17, 15) is 4.79 Å². The second kappa shape index (κ2) is 2.17. The number of carbonyl (C=O) groups is 1. The predicted octanol–water partition coefficient (Wildman–Crippen LogP) is 1.18. The molecule has 52 valence electrons. The van der Waals surface area contributed by atoms with Gasteiger partial charge in [0.1, 0.15) is 0 Å². The lowest BCUT2D eigenvalue weighted by molar-refractivity contribution is 0.190. The number of rotatable bonds is 2. The average molecular weight is 194 g/mol. The van der Waals surface area contributed by atoms with Crippen molar-refractivity contribution in [1.82, 2.24) is 5.32 Å². The Kier molecular flexibility index (Phi) is 1.66. The van der Waals surface area contributed by atoms with Crippen LogP contribution >= 0.6 is 15.9 Å².